The van der Waals surface area contributed by atoms with E-state index in [2.05, 4.69) is 15.3 Å². The molecule has 2 aromatic heterocycles. The Hall–Kier alpha value is -3.54. The minimum atomic E-state index is -0.298. The predicted molar refractivity (Wildman–Crippen MR) is 102 cm³/mol. The molecule has 0 radical (unpaired) electrons. The van der Waals surface area contributed by atoms with Crippen molar-refractivity contribution < 1.29 is 9.59 Å². The largest absolute Gasteiger partial charge is 0.346 e. The Labute approximate surface area is 157 Å². The average Bonchev–Trinajstić information content (AvgIpc) is 2.73. The van der Waals surface area contributed by atoms with Gasteiger partial charge >= 0.3 is 0 Å². The number of hydrogen-bond acceptors (Lipinski definition) is 4. The maximum absolute atomic E-state index is 12.6. The summed E-state index contributed by atoms with van der Waals surface area (Å²) >= 11 is 0. The van der Waals surface area contributed by atoms with Crippen molar-refractivity contribution >= 4 is 11.8 Å². The number of pyridine rings is 2. The summed E-state index contributed by atoms with van der Waals surface area (Å²) in [6.45, 7) is 0.793. The fourth-order valence-corrected chi connectivity index (χ4v) is 2.61. The number of nitrogens with zero attached hydrogens (tertiary/aromatic N) is 3. The van der Waals surface area contributed by atoms with E-state index in [0.29, 0.717) is 24.2 Å². The fourth-order valence-electron chi connectivity index (χ4n) is 2.61. The lowest BCUT2D eigenvalue weighted by atomic mass is 10.1. The topological polar surface area (TPSA) is 75.2 Å². The van der Waals surface area contributed by atoms with Gasteiger partial charge in [-0.1, -0.05) is 36.4 Å². The predicted octanol–water partition coefficient (Wildman–Crippen LogP) is 2.68. The number of benzene rings is 1. The number of carbonyl (C=O) groups excluding carboxylic acids is 2. The van der Waals surface area contributed by atoms with Crippen LogP contribution in [0.5, 0.6) is 0 Å². The number of amides is 2. The Morgan fingerprint density at radius 1 is 1.00 bits per heavy atom. The summed E-state index contributed by atoms with van der Waals surface area (Å²) in [5.41, 5.74) is 2.50. The quantitative estimate of drug-likeness (QED) is 0.733. The van der Waals surface area contributed by atoms with Gasteiger partial charge in [0.05, 0.1) is 23.4 Å². The van der Waals surface area contributed by atoms with E-state index < -0.39 is 0 Å². The molecule has 0 aliphatic rings. The van der Waals surface area contributed by atoms with Crippen LogP contribution in [0, 0.1) is 0 Å². The summed E-state index contributed by atoms with van der Waals surface area (Å²) in [5.74, 6) is -0.487. The minimum absolute atomic E-state index is 0.189. The molecule has 3 aromatic rings. The van der Waals surface area contributed by atoms with E-state index in [1.54, 1.807) is 24.2 Å². The van der Waals surface area contributed by atoms with Crippen LogP contribution >= 0.6 is 0 Å². The molecule has 1 N–H and O–H groups in total. The molecule has 0 aliphatic heterocycles. The van der Waals surface area contributed by atoms with E-state index in [1.165, 1.54) is 12.4 Å². The highest BCUT2D eigenvalue weighted by Crippen LogP contribution is 2.10. The molecule has 0 bridgehead atoms. The van der Waals surface area contributed by atoms with Crippen LogP contribution in [0.4, 0.5) is 0 Å². The van der Waals surface area contributed by atoms with Crippen LogP contribution in [0.1, 0.15) is 32.0 Å². The lowest BCUT2D eigenvalue weighted by molar-refractivity contribution is 0.0784. The molecule has 0 aliphatic carbocycles. The number of carbonyl (C=O) groups is 2. The van der Waals surface area contributed by atoms with Crippen molar-refractivity contribution in [3.8, 4) is 0 Å². The van der Waals surface area contributed by atoms with Gasteiger partial charge in [0.15, 0.2) is 0 Å². The van der Waals surface area contributed by atoms with Gasteiger partial charge in [0.1, 0.15) is 0 Å². The summed E-state index contributed by atoms with van der Waals surface area (Å²) in [4.78, 5) is 34.8. The second-order valence-electron chi connectivity index (χ2n) is 6.11. The molecule has 2 amide bonds. The molecule has 0 atom stereocenters. The molecule has 0 fully saturated rings. The Balaban J connectivity index is 1.65. The van der Waals surface area contributed by atoms with Crippen molar-refractivity contribution in [2.45, 2.75) is 13.1 Å². The standard InChI is InChI=1S/C21H20N4O2/c1-25(15-16-7-3-2-4-8-16)21(27)18-11-17(12-22-13-18)20(26)24-14-19-9-5-6-10-23-19/h2-13H,14-15H2,1H3,(H,24,26). The Morgan fingerprint density at radius 2 is 1.74 bits per heavy atom. The second kappa shape index (κ2) is 8.71. The van der Waals surface area contributed by atoms with Crippen LogP contribution in [-0.4, -0.2) is 33.7 Å². The molecule has 0 unspecified atom stereocenters. The van der Waals surface area contributed by atoms with E-state index in [9.17, 15) is 9.59 Å². The normalized spacial score (nSPS) is 10.3. The van der Waals surface area contributed by atoms with Crippen LogP contribution < -0.4 is 5.32 Å². The van der Waals surface area contributed by atoms with Gasteiger partial charge < -0.3 is 10.2 Å². The molecule has 27 heavy (non-hydrogen) atoms. The first kappa shape index (κ1) is 18.3. The van der Waals surface area contributed by atoms with E-state index in [0.717, 1.165) is 11.3 Å². The summed E-state index contributed by atoms with van der Waals surface area (Å²) in [5, 5.41) is 2.78. The van der Waals surface area contributed by atoms with Crippen LogP contribution in [0.15, 0.2) is 73.2 Å². The fraction of sp³-hybridized carbons (Fsp3) is 0.143. The number of hydrogen-bond donors (Lipinski definition) is 1. The molecule has 0 saturated heterocycles. The van der Waals surface area contributed by atoms with Gasteiger partial charge in [-0.05, 0) is 23.8 Å². The molecule has 3 rings (SSSR count). The van der Waals surface area contributed by atoms with Crippen LogP contribution in [-0.2, 0) is 13.1 Å². The SMILES string of the molecule is CN(Cc1ccccc1)C(=O)c1cncc(C(=O)NCc2ccccn2)c1. The lowest BCUT2D eigenvalue weighted by Gasteiger charge is -2.17. The maximum atomic E-state index is 12.6. The highest BCUT2D eigenvalue weighted by atomic mass is 16.2. The summed E-state index contributed by atoms with van der Waals surface area (Å²) in [6, 6.07) is 16.8. The monoisotopic (exact) mass is 360 g/mol. The first-order valence-electron chi connectivity index (χ1n) is 8.56. The zero-order valence-electron chi connectivity index (χ0n) is 15.0. The van der Waals surface area contributed by atoms with Gasteiger partial charge in [-0.2, -0.15) is 0 Å². The minimum Gasteiger partial charge on any atom is -0.346 e. The van der Waals surface area contributed by atoms with Crippen LogP contribution in [0.25, 0.3) is 0 Å². The van der Waals surface area contributed by atoms with Crippen molar-refractivity contribution in [2.75, 3.05) is 7.05 Å². The first-order chi connectivity index (χ1) is 13.1. The molecular formula is C21H20N4O2. The third kappa shape index (κ3) is 4.98. The van der Waals surface area contributed by atoms with E-state index in [1.807, 2.05) is 48.5 Å². The smallest absolute Gasteiger partial charge is 0.255 e. The molecule has 136 valence electrons. The van der Waals surface area contributed by atoms with E-state index in [4.69, 9.17) is 0 Å². The average molecular weight is 360 g/mol. The highest BCUT2D eigenvalue weighted by Gasteiger charge is 2.15. The lowest BCUT2D eigenvalue weighted by Crippen LogP contribution is -2.27. The third-order valence-corrected chi connectivity index (χ3v) is 4.01. The van der Waals surface area contributed by atoms with Crippen molar-refractivity contribution in [2.24, 2.45) is 0 Å². The van der Waals surface area contributed by atoms with Crippen molar-refractivity contribution in [3.05, 3.63) is 95.6 Å². The molecule has 6 heteroatoms. The third-order valence-electron chi connectivity index (χ3n) is 4.01. The van der Waals surface area contributed by atoms with Gasteiger partial charge in [0, 0.05) is 32.2 Å². The van der Waals surface area contributed by atoms with Gasteiger partial charge in [-0.15, -0.1) is 0 Å². The van der Waals surface area contributed by atoms with Gasteiger partial charge in [0.25, 0.3) is 11.8 Å². The van der Waals surface area contributed by atoms with Crippen molar-refractivity contribution in [1.82, 2.24) is 20.2 Å². The van der Waals surface area contributed by atoms with Gasteiger partial charge in [-0.25, -0.2) is 0 Å². The second-order valence-corrected chi connectivity index (χ2v) is 6.11. The Kier molecular flexibility index (Phi) is 5.89. The molecule has 1 aromatic carbocycles. The van der Waals surface area contributed by atoms with Crippen molar-refractivity contribution in [1.29, 1.82) is 0 Å². The summed E-state index contributed by atoms with van der Waals surface area (Å²) in [7, 11) is 1.73. The molecule has 0 spiro atoms. The number of nitrogens with one attached hydrogen (secondary N) is 1. The zero-order chi connectivity index (χ0) is 19.1. The maximum Gasteiger partial charge on any atom is 0.255 e. The van der Waals surface area contributed by atoms with Gasteiger partial charge in [0.2, 0.25) is 0 Å². The van der Waals surface area contributed by atoms with Crippen molar-refractivity contribution in [3.63, 3.8) is 0 Å². The first-order valence-corrected chi connectivity index (χ1v) is 8.56. The van der Waals surface area contributed by atoms with Crippen LogP contribution in [0.3, 0.4) is 0 Å². The van der Waals surface area contributed by atoms with Crippen LogP contribution in [0.2, 0.25) is 0 Å². The molecular weight excluding hydrogens is 340 g/mol. The summed E-state index contributed by atoms with van der Waals surface area (Å²) < 4.78 is 0. The Bertz CT molecular complexity index is 914. The van der Waals surface area contributed by atoms with E-state index >= 15 is 0 Å². The molecule has 6 nitrogen and oxygen atoms in total. The number of aromatic nitrogens is 2. The Morgan fingerprint density at radius 3 is 2.48 bits per heavy atom. The number of rotatable bonds is 6. The highest BCUT2D eigenvalue weighted by molar-refractivity contribution is 5.99. The zero-order valence-corrected chi connectivity index (χ0v) is 15.0. The summed E-state index contributed by atoms with van der Waals surface area (Å²) in [6.07, 6.45) is 4.59. The van der Waals surface area contributed by atoms with Gasteiger partial charge in [-0.3, -0.25) is 19.6 Å². The van der Waals surface area contributed by atoms with E-state index in [-0.39, 0.29) is 11.8 Å². The molecule has 2 heterocycles. The molecule has 0 saturated carbocycles.